The standard InChI is InChI=1S/C12H14ClN3O2/c13-8-5-6-10(14-7-8)16-12(18)11(17)15-9-3-1-2-4-9/h5-7,9H,1-4H2,(H,15,17)(H,14,16,18). The van der Waals surface area contributed by atoms with Crippen molar-refractivity contribution >= 4 is 29.2 Å². The van der Waals surface area contributed by atoms with Gasteiger partial charge in [-0.25, -0.2) is 4.98 Å². The summed E-state index contributed by atoms with van der Waals surface area (Å²) in [6.07, 6.45) is 5.50. The van der Waals surface area contributed by atoms with Crippen molar-refractivity contribution in [1.29, 1.82) is 0 Å². The lowest BCUT2D eigenvalue weighted by Crippen LogP contribution is -2.40. The van der Waals surface area contributed by atoms with Gasteiger partial charge in [0.15, 0.2) is 0 Å². The lowest BCUT2D eigenvalue weighted by molar-refractivity contribution is -0.136. The van der Waals surface area contributed by atoms with E-state index in [0.29, 0.717) is 10.8 Å². The second-order valence-electron chi connectivity index (χ2n) is 4.27. The molecule has 1 heterocycles. The van der Waals surface area contributed by atoms with E-state index < -0.39 is 11.8 Å². The third-order valence-electron chi connectivity index (χ3n) is 2.87. The van der Waals surface area contributed by atoms with Crippen LogP contribution in [-0.2, 0) is 9.59 Å². The highest BCUT2D eigenvalue weighted by Gasteiger charge is 2.21. The van der Waals surface area contributed by atoms with Gasteiger partial charge < -0.3 is 10.6 Å². The first-order chi connectivity index (χ1) is 8.65. The summed E-state index contributed by atoms with van der Waals surface area (Å²) in [5.74, 6) is -0.999. The minimum atomic E-state index is -0.697. The van der Waals surface area contributed by atoms with Crippen LogP contribution in [0.25, 0.3) is 0 Å². The molecule has 0 radical (unpaired) electrons. The van der Waals surface area contributed by atoms with Crippen molar-refractivity contribution in [2.24, 2.45) is 0 Å². The molecule has 5 nitrogen and oxygen atoms in total. The number of rotatable bonds is 2. The summed E-state index contributed by atoms with van der Waals surface area (Å²) in [7, 11) is 0. The average molecular weight is 268 g/mol. The largest absolute Gasteiger partial charge is 0.345 e. The predicted molar refractivity (Wildman–Crippen MR) is 68.3 cm³/mol. The van der Waals surface area contributed by atoms with Crippen LogP contribution in [0.4, 0.5) is 5.82 Å². The van der Waals surface area contributed by atoms with Crippen LogP contribution in [0.5, 0.6) is 0 Å². The monoisotopic (exact) mass is 267 g/mol. The van der Waals surface area contributed by atoms with Gasteiger partial charge in [-0.05, 0) is 25.0 Å². The number of carbonyl (C=O) groups excluding carboxylic acids is 2. The van der Waals surface area contributed by atoms with E-state index in [1.165, 1.54) is 6.20 Å². The Labute approximate surface area is 110 Å². The molecule has 0 spiro atoms. The molecule has 0 unspecified atom stereocenters. The molecule has 1 saturated carbocycles. The second kappa shape index (κ2) is 5.82. The Morgan fingerprint density at radius 3 is 2.56 bits per heavy atom. The first-order valence-electron chi connectivity index (χ1n) is 5.88. The van der Waals surface area contributed by atoms with Gasteiger partial charge in [-0.3, -0.25) is 9.59 Å². The number of hydrogen-bond acceptors (Lipinski definition) is 3. The Hall–Kier alpha value is -1.62. The van der Waals surface area contributed by atoms with Crippen LogP contribution >= 0.6 is 11.6 Å². The van der Waals surface area contributed by atoms with Crippen molar-refractivity contribution in [3.63, 3.8) is 0 Å². The van der Waals surface area contributed by atoms with E-state index in [1.54, 1.807) is 12.1 Å². The molecule has 1 aliphatic carbocycles. The SMILES string of the molecule is O=C(Nc1ccc(Cl)cn1)C(=O)NC1CCCC1. The van der Waals surface area contributed by atoms with Crippen LogP contribution in [0, 0.1) is 0 Å². The molecule has 2 rings (SSSR count). The van der Waals surface area contributed by atoms with E-state index in [1.807, 2.05) is 0 Å². The fourth-order valence-electron chi connectivity index (χ4n) is 1.94. The molecule has 1 aromatic heterocycles. The van der Waals surface area contributed by atoms with Gasteiger partial charge in [-0.15, -0.1) is 0 Å². The molecule has 0 atom stereocenters. The zero-order valence-electron chi connectivity index (χ0n) is 9.78. The fraction of sp³-hybridized carbons (Fsp3) is 0.417. The number of carbonyl (C=O) groups is 2. The topological polar surface area (TPSA) is 71.1 Å². The number of nitrogens with one attached hydrogen (secondary N) is 2. The molecule has 6 heteroatoms. The van der Waals surface area contributed by atoms with Gasteiger partial charge in [0.25, 0.3) is 0 Å². The number of halogens is 1. The number of nitrogens with zero attached hydrogens (tertiary/aromatic N) is 1. The number of aromatic nitrogens is 1. The first kappa shape index (κ1) is 12.8. The Balaban J connectivity index is 1.86. The van der Waals surface area contributed by atoms with E-state index in [4.69, 9.17) is 11.6 Å². The molecular weight excluding hydrogens is 254 g/mol. The van der Waals surface area contributed by atoms with Crippen LogP contribution in [0.3, 0.4) is 0 Å². The van der Waals surface area contributed by atoms with Crippen LogP contribution in [0.15, 0.2) is 18.3 Å². The summed E-state index contributed by atoms with van der Waals surface area (Å²) >= 11 is 5.67. The summed E-state index contributed by atoms with van der Waals surface area (Å²) < 4.78 is 0. The van der Waals surface area contributed by atoms with Gasteiger partial charge in [-0.1, -0.05) is 24.4 Å². The van der Waals surface area contributed by atoms with Gasteiger partial charge in [0.2, 0.25) is 0 Å². The highest BCUT2D eigenvalue weighted by atomic mass is 35.5. The maximum atomic E-state index is 11.6. The molecule has 96 valence electrons. The van der Waals surface area contributed by atoms with Gasteiger partial charge in [0, 0.05) is 12.2 Å². The summed E-state index contributed by atoms with van der Waals surface area (Å²) in [6.45, 7) is 0. The van der Waals surface area contributed by atoms with Crippen molar-refractivity contribution in [3.8, 4) is 0 Å². The van der Waals surface area contributed by atoms with E-state index in [0.717, 1.165) is 25.7 Å². The normalized spacial score (nSPS) is 15.4. The minimum absolute atomic E-state index is 0.126. The third kappa shape index (κ3) is 3.43. The number of hydrogen-bond donors (Lipinski definition) is 2. The second-order valence-corrected chi connectivity index (χ2v) is 4.71. The molecule has 1 fully saturated rings. The molecule has 2 N–H and O–H groups in total. The molecule has 1 aromatic rings. The lowest BCUT2D eigenvalue weighted by atomic mass is 10.2. The molecule has 0 aliphatic heterocycles. The number of pyridine rings is 1. The summed E-state index contributed by atoms with van der Waals surface area (Å²) in [5, 5.41) is 5.60. The van der Waals surface area contributed by atoms with Crippen LogP contribution in [0.2, 0.25) is 5.02 Å². The average Bonchev–Trinajstić information content (AvgIpc) is 2.85. The molecule has 0 saturated heterocycles. The molecule has 1 aliphatic rings. The highest BCUT2D eigenvalue weighted by molar-refractivity contribution is 6.39. The summed E-state index contributed by atoms with van der Waals surface area (Å²) in [4.78, 5) is 27.1. The maximum Gasteiger partial charge on any atom is 0.314 e. The van der Waals surface area contributed by atoms with Crippen LogP contribution in [-0.4, -0.2) is 22.8 Å². The Morgan fingerprint density at radius 2 is 1.94 bits per heavy atom. The number of amides is 2. The van der Waals surface area contributed by atoms with Crippen molar-refractivity contribution in [3.05, 3.63) is 23.4 Å². The van der Waals surface area contributed by atoms with Crippen LogP contribution in [0.1, 0.15) is 25.7 Å². The van der Waals surface area contributed by atoms with Gasteiger partial charge >= 0.3 is 11.8 Å². The molecule has 2 amide bonds. The molecule has 0 bridgehead atoms. The Kier molecular flexibility index (Phi) is 4.15. The van der Waals surface area contributed by atoms with E-state index in [2.05, 4.69) is 15.6 Å². The highest BCUT2D eigenvalue weighted by Crippen LogP contribution is 2.17. The summed E-state index contributed by atoms with van der Waals surface area (Å²) in [5.41, 5.74) is 0. The van der Waals surface area contributed by atoms with E-state index >= 15 is 0 Å². The molecule has 0 aromatic carbocycles. The molecule has 18 heavy (non-hydrogen) atoms. The van der Waals surface area contributed by atoms with Gasteiger partial charge in [-0.2, -0.15) is 0 Å². The van der Waals surface area contributed by atoms with Gasteiger partial charge in [0.05, 0.1) is 5.02 Å². The maximum absolute atomic E-state index is 11.6. The number of anilines is 1. The van der Waals surface area contributed by atoms with E-state index in [-0.39, 0.29) is 6.04 Å². The van der Waals surface area contributed by atoms with Crippen LogP contribution < -0.4 is 10.6 Å². The van der Waals surface area contributed by atoms with Crippen molar-refractivity contribution in [2.45, 2.75) is 31.7 Å². The fourth-order valence-corrected chi connectivity index (χ4v) is 2.06. The lowest BCUT2D eigenvalue weighted by Gasteiger charge is -2.11. The molecular formula is C12H14ClN3O2. The predicted octanol–water partition coefficient (Wildman–Crippen LogP) is 1.73. The Morgan fingerprint density at radius 1 is 1.22 bits per heavy atom. The minimum Gasteiger partial charge on any atom is -0.345 e. The zero-order valence-corrected chi connectivity index (χ0v) is 10.5. The van der Waals surface area contributed by atoms with Crippen molar-refractivity contribution in [1.82, 2.24) is 10.3 Å². The van der Waals surface area contributed by atoms with E-state index in [9.17, 15) is 9.59 Å². The van der Waals surface area contributed by atoms with Crippen molar-refractivity contribution < 1.29 is 9.59 Å². The zero-order chi connectivity index (χ0) is 13.0. The third-order valence-corrected chi connectivity index (χ3v) is 3.09. The van der Waals surface area contributed by atoms with Gasteiger partial charge in [0.1, 0.15) is 5.82 Å². The Bertz CT molecular complexity index is 441. The first-order valence-corrected chi connectivity index (χ1v) is 6.26. The quantitative estimate of drug-likeness (QED) is 0.802. The summed E-state index contributed by atoms with van der Waals surface area (Å²) in [6, 6.07) is 3.27. The van der Waals surface area contributed by atoms with Crippen molar-refractivity contribution in [2.75, 3.05) is 5.32 Å². The smallest absolute Gasteiger partial charge is 0.314 e.